The molecule has 1 rings (SSSR count). The lowest BCUT2D eigenvalue weighted by Crippen LogP contribution is -2.34. The quantitative estimate of drug-likeness (QED) is 0.383. The fourth-order valence-corrected chi connectivity index (χ4v) is 1.05. The second kappa shape index (κ2) is 3.85. The van der Waals surface area contributed by atoms with Crippen molar-refractivity contribution in [3.8, 4) is 0 Å². The first-order chi connectivity index (χ1) is 5.74. The van der Waals surface area contributed by atoms with E-state index in [-0.39, 0.29) is 0 Å². The predicted molar refractivity (Wildman–Crippen MR) is 43.8 cm³/mol. The lowest BCUT2D eigenvalue weighted by Gasteiger charge is -2.04. The lowest BCUT2D eigenvalue weighted by molar-refractivity contribution is -0.697. The molecule has 0 fully saturated rings. The molecule has 0 spiro atoms. The molecule has 0 unspecified atom stereocenters. The first kappa shape index (κ1) is 8.71. The average molecular weight is 164 g/mol. The number of nitrogens with zero attached hydrogens (tertiary/aromatic N) is 1. The molecule has 0 saturated carbocycles. The maximum atomic E-state index is 10.7. The van der Waals surface area contributed by atoms with Crippen molar-refractivity contribution < 1.29 is 9.67 Å². The molecule has 0 aliphatic heterocycles. The van der Waals surface area contributed by atoms with Crippen LogP contribution in [-0.4, -0.2) is 5.90 Å². The van der Waals surface area contributed by atoms with Crippen molar-refractivity contribution in [2.45, 2.75) is 19.9 Å². The number of hydrogen-bond acceptors (Lipinski definition) is 2. The number of rotatable bonds is 3. The second-order valence-electron chi connectivity index (χ2n) is 2.66. The van der Waals surface area contributed by atoms with Crippen molar-refractivity contribution in [2.75, 3.05) is 0 Å². The third-order valence-corrected chi connectivity index (χ3v) is 1.60. The molecule has 1 aromatic rings. The van der Waals surface area contributed by atoms with Crippen LogP contribution >= 0.6 is 0 Å². The van der Waals surface area contributed by atoms with Gasteiger partial charge in [-0.1, -0.05) is 6.92 Å². The Labute approximate surface area is 71.8 Å². The van der Waals surface area contributed by atoms with Crippen LogP contribution in [-0.2, 0) is 6.54 Å². The molecule has 1 heterocycles. The van der Waals surface area contributed by atoms with Gasteiger partial charge in [-0.05, 0) is 12.0 Å². The summed E-state index contributed by atoms with van der Waals surface area (Å²) in [4.78, 5) is 0. The highest BCUT2D eigenvalue weighted by molar-refractivity contribution is 5.87. The molecular weight excluding hydrogens is 152 g/mol. The van der Waals surface area contributed by atoms with Gasteiger partial charge in [-0.3, -0.25) is 0 Å². The summed E-state index contributed by atoms with van der Waals surface area (Å²) < 4.78 is 1.92. The molecule has 1 N–H and O–H groups in total. The van der Waals surface area contributed by atoms with Crippen molar-refractivity contribution in [1.29, 1.82) is 5.41 Å². The third kappa shape index (κ3) is 2.05. The molecule has 3 nitrogen and oxygen atoms in total. The Kier molecular flexibility index (Phi) is 2.80. The summed E-state index contributed by atoms with van der Waals surface area (Å²) >= 11 is 0. The molecule has 64 valence electrons. The van der Waals surface area contributed by atoms with Gasteiger partial charge in [0.15, 0.2) is 12.4 Å². The van der Waals surface area contributed by atoms with Crippen molar-refractivity contribution in [2.24, 2.45) is 0 Å². The van der Waals surface area contributed by atoms with Crippen LogP contribution in [0.4, 0.5) is 0 Å². The third-order valence-electron chi connectivity index (χ3n) is 1.60. The van der Waals surface area contributed by atoms with Gasteiger partial charge in [0.1, 0.15) is 6.54 Å². The van der Waals surface area contributed by atoms with Crippen LogP contribution in [0.25, 0.3) is 0 Å². The minimum absolute atomic E-state index is 0.450. The molecule has 0 amide bonds. The Morgan fingerprint density at radius 3 is 3.00 bits per heavy atom. The van der Waals surface area contributed by atoms with E-state index in [1.807, 2.05) is 10.8 Å². The summed E-state index contributed by atoms with van der Waals surface area (Å²) in [6, 6.07) is 3.44. The van der Waals surface area contributed by atoms with E-state index in [4.69, 9.17) is 5.41 Å². The van der Waals surface area contributed by atoms with Crippen LogP contribution < -0.4 is 9.67 Å². The van der Waals surface area contributed by atoms with E-state index in [0.717, 1.165) is 13.0 Å². The van der Waals surface area contributed by atoms with Crippen LogP contribution in [0.1, 0.15) is 18.9 Å². The van der Waals surface area contributed by atoms with Gasteiger partial charge < -0.3 is 10.5 Å². The van der Waals surface area contributed by atoms with Gasteiger partial charge in [0.25, 0.3) is 0 Å². The Morgan fingerprint density at radius 2 is 2.42 bits per heavy atom. The van der Waals surface area contributed by atoms with Gasteiger partial charge in [-0.25, -0.2) is 4.57 Å². The Morgan fingerprint density at radius 1 is 1.67 bits per heavy atom. The van der Waals surface area contributed by atoms with Crippen molar-refractivity contribution in [3.63, 3.8) is 0 Å². The number of nitrogens with one attached hydrogen (secondary N) is 1. The van der Waals surface area contributed by atoms with Gasteiger partial charge in [-0.2, -0.15) is 0 Å². The molecule has 0 aromatic carbocycles. The van der Waals surface area contributed by atoms with E-state index in [0.29, 0.717) is 5.56 Å². The fraction of sp³-hybridized carbons (Fsp3) is 0.333. The topological polar surface area (TPSA) is 50.8 Å². The highest BCUT2D eigenvalue weighted by Crippen LogP contribution is 1.91. The van der Waals surface area contributed by atoms with Gasteiger partial charge in [0.2, 0.25) is 0 Å². The van der Waals surface area contributed by atoms with E-state index >= 15 is 0 Å². The number of aromatic nitrogens is 1. The summed E-state index contributed by atoms with van der Waals surface area (Å²) in [7, 11) is 0. The Bertz CT molecular complexity index is 284. The monoisotopic (exact) mass is 164 g/mol. The van der Waals surface area contributed by atoms with Crippen LogP contribution in [0.3, 0.4) is 0 Å². The maximum absolute atomic E-state index is 10.7. The average Bonchev–Trinajstić information content (AvgIpc) is 2.05. The summed E-state index contributed by atoms with van der Waals surface area (Å²) in [6.45, 7) is 2.96. The van der Waals surface area contributed by atoms with Crippen LogP contribution in [0.15, 0.2) is 24.5 Å². The molecule has 0 atom stereocenters. The maximum Gasteiger partial charge on any atom is 0.176 e. The van der Waals surface area contributed by atoms with Gasteiger partial charge in [-0.15, -0.1) is 0 Å². The van der Waals surface area contributed by atoms with Crippen LogP contribution in [0.5, 0.6) is 0 Å². The van der Waals surface area contributed by atoms with E-state index < -0.39 is 5.90 Å². The van der Waals surface area contributed by atoms with Crippen LogP contribution in [0.2, 0.25) is 0 Å². The molecule has 0 aliphatic carbocycles. The Hall–Kier alpha value is -1.38. The smallest absolute Gasteiger partial charge is 0.176 e. The molecule has 3 heteroatoms. The first-order valence-electron chi connectivity index (χ1n) is 3.99. The normalized spacial score (nSPS) is 9.75. The van der Waals surface area contributed by atoms with Gasteiger partial charge in [0, 0.05) is 18.1 Å². The number of aryl methyl sites for hydroxylation is 1. The molecule has 0 aliphatic rings. The van der Waals surface area contributed by atoms with Crippen LogP contribution in [0, 0.1) is 5.41 Å². The zero-order chi connectivity index (χ0) is 8.97. The lowest BCUT2D eigenvalue weighted by atomic mass is 10.3. The SMILES string of the molecule is CCC[n+]1cccc(C(=N)[O-])c1. The molecule has 0 bridgehead atoms. The summed E-state index contributed by atoms with van der Waals surface area (Å²) in [5.74, 6) is -0.625. The Balaban J connectivity index is 2.88. The zero-order valence-electron chi connectivity index (χ0n) is 7.08. The molecule has 12 heavy (non-hydrogen) atoms. The molecule has 0 saturated heterocycles. The van der Waals surface area contributed by atoms with Gasteiger partial charge >= 0.3 is 0 Å². The molecule has 0 radical (unpaired) electrons. The highest BCUT2D eigenvalue weighted by Gasteiger charge is 1.99. The molecule has 1 aromatic heterocycles. The zero-order valence-corrected chi connectivity index (χ0v) is 7.08. The summed E-state index contributed by atoms with van der Waals surface area (Å²) in [5, 5.41) is 17.6. The van der Waals surface area contributed by atoms with Crippen molar-refractivity contribution in [1.82, 2.24) is 0 Å². The van der Waals surface area contributed by atoms with E-state index in [9.17, 15) is 5.11 Å². The predicted octanol–water partition coefficient (Wildman–Crippen LogP) is 0.0698. The number of pyridine rings is 1. The standard InChI is InChI=1S/C9H12N2O/c1-2-5-11-6-3-4-8(7-11)9(10)12/h3-4,6-7H,2,5H2,1H3,(H-,10,12). The van der Waals surface area contributed by atoms with E-state index in [1.165, 1.54) is 0 Å². The fourth-order valence-electron chi connectivity index (χ4n) is 1.05. The molecular formula is C9H12N2O. The van der Waals surface area contributed by atoms with E-state index in [1.54, 1.807) is 18.3 Å². The first-order valence-corrected chi connectivity index (χ1v) is 3.99. The largest absolute Gasteiger partial charge is 0.859 e. The summed E-state index contributed by atoms with van der Waals surface area (Å²) in [5.41, 5.74) is 0.450. The number of hydrogen-bond donors (Lipinski definition) is 1. The van der Waals surface area contributed by atoms with Crippen molar-refractivity contribution >= 4 is 5.90 Å². The second-order valence-corrected chi connectivity index (χ2v) is 2.66. The van der Waals surface area contributed by atoms with Gasteiger partial charge in [0.05, 0.1) is 0 Å². The highest BCUT2D eigenvalue weighted by atomic mass is 16.3. The van der Waals surface area contributed by atoms with E-state index in [2.05, 4.69) is 6.92 Å². The minimum Gasteiger partial charge on any atom is -0.859 e. The summed E-state index contributed by atoms with van der Waals surface area (Å²) in [6.07, 6.45) is 4.63. The van der Waals surface area contributed by atoms with Crippen molar-refractivity contribution in [3.05, 3.63) is 30.1 Å². The minimum atomic E-state index is -0.625.